The van der Waals surface area contributed by atoms with E-state index in [-0.39, 0.29) is 0 Å². The van der Waals surface area contributed by atoms with Gasteiger partial charge < -0.3 is 18.3 Å². The lowest BCUT2D eigenvalue weighted by atomic mass is 10.0. The van der Waals surface area contributed by atoms with Crippen LogP contribution in [-0.2, 0) is 0 Å². The largest absolute Gasteiger partial charge is 0.456 e. The molecule has 0 aliphatic heterocycles. The molecule has 0 bridgehead atoms. The van der Waals surface area contributed by atoms with E-state index in [1.54, 1.807) is 0 Å². The van der Waals surface area contributed by atoms with Crippen LogP contribution in [0, 0.1) is 0 Å². The molecule has 0 unspecified atom stereocenters. The van der Waals surface area contributed by atoms with E-state index >= 15 is 0 Å². The highest BCUT2D eigenvalue weighted by Crippen LogP contribution is 2.42. The number of benzene rings is 11. The van der Waals surface area contributed by atoms with Crippen molar-refractivity contribution in [2.75, 3.05) is 4.90 Å². The maximum Gasteiger partial charge on any atom is 0.136 e. The number of rotatable bonds is 7. The summed E-state index contributed by atoms with van der Waals surface area (Å²) in [6.07, 6.45) is 0. The summed E-state index contributed by atoms with van der Waals surface area (Å²) >= 11 is 0. The Morgan fingerprint density at radius 2 is 0.671 bits per heavy atom. The minimum atomic E-state index is 0.897. The third-order valence-electron chi connectivity index (χ3n) is 14.7. The molecule has 4 heteroatoms. The highest BCUT2D eigenvalue weighted by Gasteiger charge is 2.19. The minimum absolute atomic E-state index is 0.897. The van der Waals surface area contributed by atoms with Crippen LogP contribution in [0.5, 0.6) is 0 Å². The summed E-state index contributed by atoms with van der Waals surface area (Å²) in [5, 5.41) is 9.98. The van der Waals surface area contributed by atoms with Crippen molar-refractivity contribution < 1.29 is 4.42 Å². The first-order valence-corrected chi connectivity index (χ1v) is 24.0. The molecule has 11 aromatic carbocycles. The molecule has 4 nitrogen and oxygen atoms in total. The molecule has 0 aliphatic carbocycles. The van der Waals surface area contributed by atoms with Gasteiger partial charge in [-0.15, -0.1) is 0 Å². The average Bonchev–Trinajstić information content (AvgIpc) is 4.17. The van der Waals surface area contributed by atoms with Crippen LogP contribution < -0.4 is 4.90 Å². The topological polar surface area (TPSA) is 25.7 Å². The second kappa shape index (κ2) is 15.1. The molecule has 0 spiro atoms. The van der Waals surface area contributed by atoms with Gasteiger partial charge in [0.1, 0.15) is 11.2 Å². The van der Waals surface area contributed by atoms with Gasteiger partial charge in [0.15, 0.2) is 0 Å². The lowest BCUT2D eigenvalue weighted by molar-refractivity contribution is 0.669. The molecule has 0 saturated carbocycles. The molecule has 70 heavy (non-hydrogen) atoms. The zero-order valence-corrected chi connectivity index (χ0v) is 37.9. The van der Waals surface area contributed by atoms with Gasteiger partial charge in [-0.2, -0.15) is 0 Å². The number of anilines is 3. The van der Waals surface area contributed by atoms with Gasteiger partial charge in [-0.1, -0.05) is 158 Å². The molecular formula is C66H41N3O. The van der Waals surface area contributed by atoms with Crippen LogP contribution in [0.4, 0.5) is 17.1 Å². The SMILES string of the molecule is c1ccc2c(c1)oc1cc(-c3ccc(N(c4ccc(-c5ccc(-n6c7ccccc7c7ccccc76)cc5)cc4)c4ccc(-c5ccc6c7cccc8c9ccccc9n(c6c5)c87)cc4)cc3)ccc12. The molecule has 0 N–H and O–H groups in total. The Labute approximate surface area is 403 Å². The van der Waals surface area contributed by atoms with Gasteiger partial charge in [-0.3, -0.25) is 0 Å². The summed E-state index contributed by atoms with van der Waals surface area (Å²) in [5.74, 6) is 0. The van der Waals surface area contributed by atoms with Gasteiger partial charge in [0, 0.05) is 65.8 Å². The van der Waals surface area contributed by atoms with Crippen LogP contribution in [0.15, 0.2) is 253 Å². The molecule has 4 heterocycles. The molecule has 0 aliphatic rings. The van der Waals surface area contributed by atoms with Crippen LogP contribution >= 0.6 is 0 Å². The first kappa shape index (κ1) is 38.7. The summed E-state index contributed by atoms with van der Waals surface area (Å²) in [6.45, 7) is 0. The maximum atomic E-state index is 6.28. The van der Waals surface area contributed by atoms with Gasteiger partial charge >= 0.3 is 0 Å². The van der Waals surface area contributed by atoms with Crippen LogP contribution in [0.1, 0.15) is 0 Å². The average molecular weight is 892 g/mol. The smallest absolute Gasteiger partial charge is 0.136 e. The molecule has 0 fully saturated rings. The molecule has 0 amide bonds. The normalized spacial score (nSPS) is 12.0. The van der Waals surface area contributed by atoms with E-state index in [2.05, 4.69) is 250 Å². The summed E-state index contributed by atoms with van der Waals surface area (Å²) < 4.78 is 11.1. The van der Waals surface area contributed by atoms with Crippen molar-refractivity contribution in [2.24, 2.45) is 0 Å². The summed E-state index contributed by atoms with van der Waals surface area (Å²) in [5.41, 5.74) is 19.3. The van der Waals surface area contributed by atoms with E-state index in [4.69, 9.17) is 4.42 Å². The fourth-order valence-corrected chi connectivity index (χ4v) is 11.4. The van der Waals surface area contributed by atoms with Crippen LogP contribution in [0.3, 0.4) is 0 Å². The number of nitrogens with zero attached hydrogens (tertiary/aromatic N) is 3. The zero-order chi connectivity index (χ0) is 45.9. The summed E-state index contributed by atoms with van der Waals surface area (Å²) in [4.78, 5) is 2.35. The number of hydrogen-bond donors (Lipinski definition) is 0. The van der Waals surface area contributed by atoms with E-state index in [9.17, 15) is 0 Å². The number of para-hydroxylation sites is 5. The first-order chi connectivity index (χ1) is 34.7. The highest BCUT2D eigenvalue weighted by molar-refractivity contribution is 6.23. The third-order valence-corrected chi connectivity index (χ3v) is 14.7. The van der Waals surface area contributed by atoms with Crippen molar-refractivity contribution in [3.63, 3.8) is 0 Å². The Kier molecular flexibility index (Phi) is 8.33. The molecule has 326 valence electrons. The summed E-state index contributed by atoms with van der Waals surface area (Å²) in [7, 11) is 0. The zero-order valence-electron chi connectivity index (χ0n) is 37.9. The Balaban J connectivity index is 0.795. The van der Waals surface area contributed by atoms with E-state index in [0.29, 0.717) is 0 Å². The second-order valence-electron chi connectivity index (χ2n) is 18.5. The number of furan rings is 1. The van der Waals surface area contributed by atoms with E-state index < -0.39 is 0 Å². The van der Waals surface area contributed by atoms with Gasteiger partial charge in [0.05, 0.1) is 27.6 Å². The maximum absolute atomic E-state index is 6.28. The summed E-state index contributed by atoms with van der Waals surface area (Å²) in [6, 6.07) is 90.4. The van der Waals surface area contributed by atoms with Crippen molar-refractivity contribution in [1.29, 1.82) is 0 Å². The van der Waals surface area contributed by atoms with Gasteiger partial charge in [0.25, 0.3) is 0 Å². The van der Waals surface area contributed by atoms with Gasteiger partial charge in [-0.05, 0) is 124 Å². The standard InChI is InChI=1S/C66H41N3O/c1-5-16-60-52(10-1)53-11-2-6-17-61(53)68(60)51-36-22-43(23-37-51)42-20-30-48(31-21-42)67(50-34-26-45(27-35-50)47-29-39-57-56-13-4-8-19-64(56)70-65(57)41-47)49-32-24-44(25-33-49)46-28-38-55-59-15-9-14-58-54-12-3-7-18-62(54)69(66(58)59)63(55)40-46/h1-41H. The molecular weight excluding hydrogens is 851 g/mol. The van der Waals surface area contributed by atoms with E-state index in [0.717, 1.165) is 61.4 Å². The Morgan fingerprint density at radius 1 is 0.271 bits per heavy atom. The Bertz CT molecular complexity index is 4440. The molecule has 0 saturated heterocycles. The van der Waals surface area contributed by atoms with Crippen LogP contribution in [0.2, 0.25) is 0 Å². The Hall–Kier alpha value is -9.38. The predicted octanol–water partition coefficient (Wildman–Crippen LogP) is 18.3. The lowest BCUT2D eigenvalue weighted by Crippen LogP contribution is -2.09. The Morgan fingerprint density at radius 3 is 1.26 bits per heavy atom. The fourth-order valence-electron chi connectivity index (χ4n) is 11.4. The van der Waals surface area contributed by atoms with Crippen LogP contribution in [-0.4, -0.2) is 8.97 Å². The van der Waals surface area contributed by atoms with Gasteiger partial charge in [0.2, 0.25) is 0 Å². The number of aromatic nitrogens is 2. The van der Waals surface area contributed by atoms with Gasteiger partial charge in [-0.25, -0.2) is 0 Å². The van der Waals surface area contributed by atoms with Crippen molar-refractivity contribution >= 4 is 98.9 Å². The van der Waals surface area contributed by atoms with Crippen molar-refractivity contribution in [2.45, 2.75) is 0 Å². The monoisotopic (exact) mass is 891 g/mol. The van der Waals surface area contributed by atoms with E-state index in [1.165, 1.54) is 76.6 Å². The molecule has 15 aromatic rings. The van der Waals surface area contributed by atoms with E-state index in [1.807, 2.05) is 12.1 Å². The number of hydrogen-bond acceptors (Lipinski definition) is 2. The molecule has 0 atom stereocenters. The van der Waals surface area contributed by atoms with Crippen molar-refractivity contribution in [3.8, 4) is 39.1 Å². The second-order valence-corrected chi connectivity index (χ2v) is 18.5. The quantitative estimate of drug-likeness (QED) is 0.159. The van der Waals surface area contributed by atoms with Crippen molar-refractivity contribution in [3.05, 3.63) is 249 Å². The first-order valence-electron chi connectivity index (χ1n) is 24.0. The highest BCUT2D eigenvalue weighted by atomic mass is 16.3. The van der Waals surface area contributed by atoms with Crippen molar-refractivity contribution in [1.82, 2.24) is 8.97 Å². The molecule has 0 radical (unpaired) electrons. The fraction of sp³-hybridized carbons (Fsp3) is 0. The van der Waals surface area contributed by atoms with Crippen LogP contribution in [0.25, 0.3) is 121 Å². The molecule has 4 aromatic heterocycles. The predicted molar refractivity (Wildman–Crippen MR) is 294 cm³/mol. The lowest BCUT2D eigenvalue weighted by Gasteiger charge is -2.26. The number of fused-ring (bicyclic) bond motifs is 12. The third kappa shape index (κ3) is 5.84. The minimum Gasteiger partial charge on any atom is -0.456 e. The molecule has 15 rings (SSSR count).